The molecule has 2 unspecified atom stereocenters. The van der Waals surface area contributed by atoms with E-state index < -0.39 is 45.7 Å². The molecule has 0 spiro atoms. The van der Waals surface area contributed by atoms with Crippen LogP contribution in [0.3, 0.4) is 0 Å². The Balaban J connectivity index is 3.23. The molecule has 0 aliphatic heterocycles. The van der Waals surface area contributed by atoms with Gasteiger partial charge in [0.2, 0.25) is 0 Å². The molecule has 9 nitrogen and oxygen atoms in total. The molecule has 3 N–H and O–H groups in total. The maximum absolute atomic E-state index is 12.3. The van der Waals surface area contributed by atoms with E-state index in [1.807, 2.05) is 0 Å². The van der Waals surface area contributed by atoms with Gasteiger partial charge in [-0.05, 0) is 26.0 Å². The number of rotatable bonds is 7. The second-order valence-electron chi connectivity index (χ2n) is 5.23. The molecule has 0 aliphatic carbocycles. The van der Waals surface area contributed by atoms with Crippen LogP contribution in [0.5, 0.6) is 5.75 Å². The largest absolute Gasteiger partial charge is 0.457 e. The van der Waals surface area contributed by atoms with Crippen molar-refractivity contribution < 1.29 is 36.8 Å². The number of ketones is 1. The van der Waals surface area contributed by atoms with Crippen molar-refractivity contribution in [3.63, 3.8) is 0 Å². The van der Waals surface area contributed by atoms with Crippen molar-refractivity contribution in [3.8, 4) is 5.75 Å². The van der Waals surface area contributed by atoms with Crippen molar-refractivity contribution >= 4 is 27.8 Å². The summed E-state index contributed by atoms with van der Waals surface area (Å²) in [7, 11) is -4.53. The molecule has 1 rings (SSSR count). The molecule has 0 aromatic heterocycles. The predicted octanol–water partition coefficient (Wildman–Crippen LogP) is 0.575. The highest BCUT2D eigenvalue weighted by Gasteiger charge is 2.32. The Morgan fingerprint density at radius 3 is 2.20 bits per heavy atom. The van der Waals surface area contributed by atoms with E-state index in [1.54, 1.807) is 0 Å². The van der Waals surface area contributed by atoms with Crippen molar-refractivity contribution in [2.75, 3.05) is 6.54 Å². The third-order valence-electron chi connectivity index (χ3n) is 3.29. The number of Topliss-reactive ketones (excluding diaryl/α,β-unsaturated/α-hetero) is 1. The van der Waals surface area contributed by atoms with Crippen LogP contribution in [-0.2, 0) is 19.6 Å². The van der Waals surface area contributed by atoms with Crippen LogP contribution in [0, 0.1) is 0 Å². The van der Waals surface area contributed by atoms with Crippen molar-refractivity contribution in [1.82, 2.24) is 0 Å². The summed E-state index contributed by atoms with van der Waals surface area (Å²) in [5.41, 5.74) is 5.04. The van der Waals surface area contributed by atoms with Crippen LogP contribution in [0.1, 0.15) is 41.5 Å². The Morgan fingerprint density at radius 1 is 1.20 bits per heavy atom. The molecule has 0 fully saturated rings. The number of ether oxygens (including phenoxy) is 2. The normalized spacial score (nSPS) is 13.6. The number of carbonyl (C=O) groups is 3. The monoisotopic (exact) mass is 373 g/mol. The molecular weight excluding hydrogens is 354 g/mol. The maximum Gasteiger partial charge on any atom is 0.342 e. The highest BCUT2D eigenvalue weighted by Crippen LogP contribution is 2.26. The molecule has 1 aromatic rings. The first kappa shape index (κ1) is 20.7. The topological polar surface area (TPSA) is 150 Å². The molecule has 1 aromatic carbocycles. The van der Waals surface area contributed by atoms with Crippen LogP contribution in [0.4, 0.5) is 0 Å². The van der Waals surface area contributed by atoms with Crippen molar-refractivity contribution in [2.45, 2.75) is 32.1 Å². The Bertz CT molecular complexity index is 787. The van der Waals surface area contributed by atoms with Gasteiger partial charge >= 0.3 is 11.9 Å². The van der Waals surface area contributed by atoms with Crippen LogP contribution in [0.15, 0.2) is 18.2 Å². The molecule has 0 saturated carbocycles. The summed E-state index contributed by atoms with van der Waals surface area (Å²) in [4.78, 5) is 35.3. The van der Waals surface area contributed by atoms with E-state index in [0.29, 0.717) is 0 Å². The minimum Gasteiger partial charge on any atom is -0.457 e. The molecule has 138 valence electrons. The molecule has 25 heavy (non-hydrogen) atoms. The summed E-state index contributed by atoms with van der Waals surface area (Å²) in [5, 5.41) is -1.52. The summed E-state index contributed by atoms with van der Waals surface area (Å²) < 4.78 is 41.6. The van der Waals surface area contributed by atoms with Crippen LogP contribution in [0.25, 0.3) is 0 Å². The van der Waals surface area contributed by atoms with Gasteiger partial charge in [-0.3, -0.25) is 14.1 Å². The van der Waals surface area contributed by atoms with Gasteiger partial charge in [0.05, 0.1) is 5.56 Å². The first-order valence-electron chi connectivity index (χ1n) is 7.18. The van der Waals surface area contributed by atoms with Gasteiger partial charge in [0.25, 0.3) is 10.1 Å². The summed E-state index contributed by atoms with van der Waals surface area (Å²) >= 11 is 0. The maximum atomic E-state index is 12.3. The van der Waals surface area contributed by atoms with Crippen LogP contribution in [0.2, 0.25) is 0 Å². The van der Waals surface area contributed by atoms with E-state index in [0.717, 1.165) is 6.92 Å². The summed E-state index contributed by atoms with van der Waals surface area (Å²) in [6.07, 6.45) is -1.28. The first-order valence-corrected chi connectivity index (χ1v) is 8.69. The number of hydrogen-bond acceptors (Lipinski definition) is 8. The molecule has 2 atom stereocenters. The second kappa shape index (κ2) is 8.19. The number of carbonyl (C=O) groups excluding carboxylic acids is 3. The fourth-order valence-electron chi connectivity index (χ4n) is 2.09. The number of nitrogens with two attached hydrogens (primary N) is 1. The van der Waals surface area contributed by atoms with Crippen molar-refractivity contribution in [1.29, 1.82) is 0 Å². The van der Waals surface area contributed by atoms with Crippen LogP contribution < -0.4 is 10.5 Å². The van der Waals surface area contributed by atoms with Gasteiger partial charge in [-0.25, -0.2) is 4.79 Å². The molecule has 0 heterocycles. The standard InChI is InChI=1S/C15H19NO8S/c1-8(17)11-5-4-6-12(14(11)24-10(3)18)15(19)23-9(2)13(7-16)25(20,21)22/h4-6,9,13H,7,16H2,1-3H3,(H,20,21,22). The van der Waals surface area contributed by atoms with Gasteiger partial charge in [0.15, 0.2) is 11.5 Å². The lowest BCUT2D eigenvalue weighted by molar-refractivity contribution is -0.131. The highest BCUT2D eigenvalue weighted by atomic mass is 32.2. The van der Waals surface area contributed by atoms with E-state index in [-0.39, 0.29) is 16.9 Å². The fourth-order valence-corrected chi connectivity index (χ4v) is 2.88. The summed E-state index contributed by atoms with van der Waals surface area (Å²) in [6, 6.07) is 4.00. The van der Waals surface area contributed by atoms with Gasteiger partial charge in [-0.15, -0.1) is 0 Å². The molecule has 10 heteroatoms. The minimum absolute atomic E-state index is 0.0116. The van der Waals surface area contributed by atoms with Gasteiger partial charge in [-0.1, -0.05) is 6.07 Å². The third kappa shape index (κ3) is 5.34. The summed E-state index contributed by atoms with van der Waals surface area (Å²) in [6.45, 7) is 3.08. The van der Waals surface area contributed by atoms with E-state index in [2.05, 4.69) is 0 Å². The fraction of sp³-hybridized carbons (Fsp3) is 0.400. The third-order valence-corrected chi connectivity index (χ3v) is 4.63. The Labute approximate surface area is 144 Å². The molecule has 0 aliphatic rings. The van der Waals surface area contributed by atoms with E-state index >= 15 is 0 Å². The SMILES string of the molecule is CC(=O)Oc1c(C(C)=O)cccc1C(=O)OC(C)C(CN)S(=O)(=O)O. The zero-order valence-electron chi connectivity index (χ0n) is 13.9. The first-order chi connectivity index (χ1) is 11.5. The quantitative estimate of drug-likeness (QED) is 0.302. The number of benzene rings is 1. The lowest BCUT2D eigenvalue weighted by Crippen LogP contribution is -2.41. The molecule has 0 bridgehead atoms. The van der Waals surface area contributed by atoms with Crippen molar-refractivity contribution in [2.24, 2.45) is 5.73 Å². The molecule has 0 amide bonds. The zero-order chi connectivity index (χ0) is 19.4. The Hall–Kier alpha value is -2.30. The average Bonchev–Trinajstić information content (AvgIpc) is 2.45. The second-order valence-corrected chi connectivity index (χ2v) is 6.87. The van der Waals surface area contributed by atoms with Crippen molar-refractivity contribution in [3.05, 3.63) is 29.3 Å². The Morgan fingerprint density at radius 2 is 1.76 bits per heavy atom. The number of esters is 2. The smallest absolute Gasteiger partial charge is 0.342 e. The Kier molecular flexibility index (Phi) is 6.79. The molecule has 0 radical (unpaired) electrons. The van der Waals surface area contributed by atoms with Gasteiger partial charge in [0, 0.05) is 13.5 Å². The van der Waals surface area contributed by atoms with Crippen LogP contribution >= 0.6 is 0 Å². The molecular formula is C15H19NO8S. The van der Waals surface area contributed by atoms with E-state index in [1.165, 1.54) is 32.0 Å². The average molecular weight is 373 g/mol. The molecule has 0 saturated heterocycles. The van der Waals surface area contributed by atoms with E-state index in [4.69, 9.17) is 19.8 Å². The minimum atomic E-state index is -4.53. The van der Waals surface area contributed by atoms with Gasteiger partial charge < -0.3 is 15.2 Å². The highest BCUT2D eigenvalue weighted by molar-refractivity contribution is 7.86. The van der Waals surface area contributed by atoms with Gasteiger partial charge in [0.1, 0.15) is 16.9 Å². The summed E-state index contributed by atoms with van der Waals surface area (Å²) in [5.74, 6) is -2.52. The number of hydrogen-bond donors (Lipinski definition) is 2. The zero-order valence-corrected chi connectivity index (χ0v) is 14.7. The number of para-hydroxylation sites is 1. The van der Waals surface area contributed by atoms with Gasteiger partial charge in [-0.2, -0.15) is 8.42 Å². The predicted molar refractivity (Wildman–Crippen MR) is 87.0 cm³/mol. The van der Waals surface area contributed by atoms with E-state index in [9.17, 15) is 22.8 Å². The lowest BCUT2D eigenvalue weighted by atomic mass is 10.1. The van der Waals surface area contributed by atoms with Crippen LogP contribution in [-0.4, -0.2) is 48.6 Å². The lowest BCUT2D eigenvalue weighted by Gasteiger charge is -2.21.